The molecule has 0 radical (unpaired) electrons. The Bertz CT molecular complexity index is 934. The van der Waals surface area contributed by atoms with Gasteiger partial charge in [0.2, 0.25) is 5.79 Å². The van der Waals surface area contributed by atoms with Crippen molar-refractivity contribution in [2.45, 2.75) is 104 Å². The van der Waals surface area contributed by atoms with Crippen molar-refractivity contribution in [2.75, 3.05) is 26.9 Å². The molecule has 250 valence electrons. The predicted molar refractivity (Wildman–Crippen MR) is 129 cm³/mol. The molecule has 3 aliphatic rings. The van der Waals surface area contributed by atoms with E-state index in [1.165, 1.54) is 7.11 Å². The second-order valence-corrected chi connectivity index (χ2v) is 10.3. The monoisotopic (exact) mass is 655 g/mol. The van der Waals surface area contributed by atoms with Crippen LogP contribution in [0, 0.1) is 0 Å². The van der Waals surface area contributed by atoms with E-state index in [0.717, 1.165) is 6.40 Å². The second kappa shape index (κ2) is 16.9. The van der Waals surface area contributed by atoms with Crippen LogP contribution in [0.5, 0.6) is 0 Å². The Morgan fingerprint density at radius 3 is 2.23 bits per heavy atom. The number of ether oxygens (including phenoxy) is 6. The summed E-state index contributed by atoms with van der Waals surface area (Å²) in [6, 6.07) is -1.43. The normalized spacial score (nSPS) is 44.5. The minimum absolute atomic E-state index is 0. The SMILES string of the molecule is COC=NC1C(O)CC(OCC2OC(OC3C(CO)OC(O)C(O)C3O)C(O)C(O)C2O)(C(=O)[O-])OC1C(O)C(O)CO.[Na+]. The van der Waals surface area contributed by atoms with Crippen LogP contribution in [0.2, 0.25) is 0 Å². The zero-order valence-corrected chi connectivity index (χ0v) is 25.7. The molecule has 0 aromatic heterocycles. The van der Waals surface area contributed by atoms with E-state index in [0.29, 0.717) is 0 Å². The van der Waals surface area contributed by atoms with Crippen LogP contribution in [-0.2, 0) is 33.2 Å². The molecule has 3 rings (SSSR count). The number of aliphatic carboxylic acids is 1. The molecule has 11 N–H and O–H groups in total. The third-order valence-corrected chi connectivity index (χ3v) is 7.38. The van der Waals surface area contributed by atoms with Gasteiger partial charge in [0, 0.05) is 6.42 Å². The molecule has 3 heterocycles. The number of hydrogen-bond acceptors (Lipinski definition) is 20. The van der Waals surface area contributed by atoms with Crippen LogP contribution in [0.3, 0.4) is 0 Å². The first-order valence-electron chi connectivity index (χ1n) is 13.1. The van der Waals surface area contributed by atoms with Crippen molar-refractivity contribution in [3.05, 3.63) is 0 Å². The number of carbonyl (C=O) groups is 1. The fourth-order valence-electron chi connectivity index (χ4n) is 4.92. The number of nitrogens with zero attached hydrogens (tertiary/aromatic N) is 1. The molecule has 0 aromatic carbocycles. The first-order chi connectivity index (χ1) is 20.2. The van der Waals surface area contributed by atoms with Gasteiger partial charge in [-0.2, -0.15) is 0 Å². The van der Waals surface area contributed by atoms with E-state index < -0.39 is 130 Å². The number of carbonyl (C=O) groups excluding carboxylic acids is 1. The number of methoxy groups -OCH3 is 1. The van der Waals surface area contributed by atoms with Crippen molar-refractivity contribution in [3.8, 4) is 0 Å². The molecule has 20 nitrogen and oxygen atoms in total. The predicted octanol–water partition coefficient (Wildman–Crippen LogP) is -12.0. The maximum absolute atomic E-state index is 12.3. The van der Waals surface area contributed by atoms with Gasteiger partial charge in [-0.3, -0.25) is 0 Å². The fraction of sp³-hybridized carbons (Fsp3) is 0.913. The molecule has 3 aliphatic heterocycles. The Balaban J connectivity index is 0.00000675. The Kier molecular flexibility index (Phi) is 15.2. The maximum Gasteiger partial charge on any atom is 1.00 e. The first-order valence-corrected chi connectivity index (χ1v) is 13.1. The fourth-order valence-corrected chi connectivity index (χ4v) is 4.92. The van der Waals surface area contributed by atoms with Gasteiger partial charge in [0.15, 0.2) is 19.0 Å². The summed E-state index contributed by atoms with van der Waals surface area (Å²) in [4.78, 5) is 16.1. The quantitative estimate of drug-likeness (QED) is 0.0528. The van der Waals surface area contributed by atoms with Crippen LogP contribution in [0.15, 0.2) is 4.99 Å². The van der Waals surface area contributed by atoms with Crippen molar-refractivity contribution in [1.29, 1.82) is 0 Å². The smallest absolute Gasteiger partial charge is 0.544 e. The molecule has 16 unspecified atom stereocenters. The molecule has 0 bridgehead atoms. The molecule has 44 heavy (non-hydrogen) atoms. The molecule has 0 aromatic rings. The molecule has 0 saturated carbocycles. The molecule has 3 fully saturated rings. The van der Waals surface area contributed by atoms with Gasteiger partial charge >= 0.3 is 29.6 Å². The summed E-state index contributed by atoms with van der Waals surface area (Å²) in [5.74, 6) is -4.98. The van der Waals surface area contributed by atoms with Crippen molar-refractivity contribution in [2.24, 2.45) is 4.99 Å². The minimum Gasteiger partial charge on any atom is -0.544 e. The van der Waals surface area contributed by atoms with Crippen LogP contribution in [0.1, 0.15) is 6.42 Å². The zero-order chi connectivity index (χ0) is 32.2. The van der Waals surface area contributed by atoms with Gasteiger partial charge in [0.1, 0.15) is 79.2 Å². The van der Waals surface area contributed by atoms with E-state index in [-0.39, 0.29) is 29.6 Å². The summed E-state index contributed by atoms with van der Waals surface area (Å²) >= 11 is 0. The first kappa shape index (κ1) is 39.5. The standard InChI is InChI=1S/C23H39NO19.Na/c1-38-6-24-11-7(27)2-23(22(36)37,43-19(11)12(29)8(28)3-25)39-5-10-13(30)14(31)17(34)21(41-10)42-18-9(4-26)40-20(35)16(33)15(18)32;/h6-21,25-35H,2-5H2,1H3,(H,36,37);/q;+1/p-1. The molecular weight excluding hydrogens is 617 g/mol. The van der Waals surface area contributed by atoms with Crippen LogP contribution in [-0.4, -0.2) is 193 Å². The molecule has 16 atom stereocenters. The average molecular weight is 656 g/mol. The average Bonchev–Trinajstić information content (AvgIpc) is 2.98. The van der Waals surface area contributed by atoms with Crippen molar-refractivity contribution < 1.29 is 124 Å². The second-order valence-electron chi connectivity index (χ2n) is 10.3. The molecule has 3 saturated heterocycles. The number of carboxylic acid groups (broad SMARTS) is 1. The molecule has 0 spiro atoms. The van der Waals surface area contributed by atoms with Crippen LogP contribution in [0.4, 0.5) is 0 Å². The molecule has 0 aliphatic carbocycles. The number of aliphatic hydroxyl groups is 11. The summed E-state index contributed by atoms with van der Waals surface area (Å²) < 4.78 is 31.3. The van der Waals surface area contributed by atoms with Crippen molar-refractivity contribution in [1.82, 2.24) is 0 Å². The van der Waals surface area contributed by atoms with E-state index >= 15 is 0 Å². The van der Waals surface area contributed by atoms with Gasteiger partial charge in [-0.25, -0.2) is 4.99 Å². The van der Waals surface area contributed by atoms with Gasteiger partial charge in [0.25, 0.3) is 0 Å². The maximum atomic E-state index is 12.3. The van der Waals surface area contributed by atoms with Gasteiger partial charge < -0.3 is 94.5 Å². The van der Waals surface area contributed by atoms with Gasteiger partial charge in [0.05, 0.1) is 33.0 Å². The molecule has 0 amide bonds. The van der Waals surface area contributed by atoms with Crippen molar-refractivity contribution in [3.63, 3.8) is 0 Å². The summed E-state index contributed by atoms with van der Waals surface area (Å²) in [6.45, 7) is -2.81. The summed E-state index contributed by atoms with van der Waals surface area (Å²) in [5, 5.41) is 123. The number of aliphatic hydroxyl groups excluding tert-OH is 11. The summed E-state index contributed by atoms with van der Waals surface area (Å²) in [5.41, 5.74) is 0. The summed E-state index contributed by atoms with van der Waals surface area (Å²) in [7, 11) is 1.21. The number of aliphatic imine (C=N–C) groups is 1. The Morgan fingerprint density at radius 2 is 1.66 bits per heavy atom. The van der Waals surface area contributed by atoms with Gasteiger partial charge in [-0.1, -0.05) is 0 Å². The van der Waals surface area contributed by atoms with E-state index in [1.807, 2.05) is 0 Å². The van der Waals surface area contributed by atoms with Crippen LogP contribution >= 0.6 is 0 Å². The van der Waals surface area contributed by atoms with Gasteiger partial charge in [-0.05, 0) is 0 Å². The Hall–Kier alpha value is -0.700. The third kappa shape index (κ3) is 8.41. The Morgan fingerprint density at radius 1 is 1.00 bits per heavy atom. The van der Waals surface area contributed by atoms with Crippen LogP contribution in [0.25, 0.3) is 0 Å². The van der Waals surface area contributed by atoms with E-state index in [2.05, 4.69) is 9.73 Å². The largest absolute Gasteiger partial charge is 1.00 e. The van der Waals surface area contributed by atoms with E-state index in [1.54, 1.807) is 0 Å². The van der Waals surface area contributed by atoms with Gasteiger partial charge in [-0.15, -0.1) is 0 Å². The number of hydrogen-bond donors (Lipinski definition) is 11. The number of carboxylic acids is 1. The van der Waals surface area contributed by atoms with Crippen LogP contribution < -0.4 is 34.7 Å². The van der Waals surface area contributed by atoms with E-state index in [9.17, 15) is 66.1 Å². The van der Waals surface area contributed by atoms with Crippen molar-refractivity contribution >= 4 is 12.4 Å². The summed E-state index contributed by atoms with van der Waals surface area (Å²) in [6.07, 6.45) is -26.0. The third-order valence-electron chi connectivity index (χ3n) is 7.38. The molecular formula is C23H38NNaO19. The topological polar surface area (TPSA) is 330 Å². The Labute approximate surface area is 271 Å². The molecule has 21 heteroatoms. The van der Waals surface area contributed by atoms with E-state index in [4.69, 9.17) is 23.7 Å². The number of rotatable bonds is 12. The zero-order valence-electron chi connectivity index (χ0n) is 23.7. The minimum atomic E-state index is -2.89.